The topological polar surface area (TPSA) is 112 Å². The first-order chi connectivity index (χ1) is 13.5. The number of phenols is 2. The van der Waals surface area contributed by atoms with Crippen LogP contribution in [0.2, 0.25) is 0 Å². The summed E-state index contributed by atoms with van der Waals surface area (Å²) in [7, 11) is 1.26. The van der Waals surface area contributed by atoms with Gasteiger partial charge in [0.25, 0.3) is 0 Å². The summed E-state index contributed by atoms with van der Waals surface area (Å²) in [5, 5.41) is 22.4. The molecule has 1 amide bonds. The summed E-state index contributed by atoms with van der Waals surface area (Å²) in [6.45, 7) is 0. The number of aromatic nitrogens is 1. The molecular formula is C21H20N2O5. The Morgan fingerprint density at radius 3 is 2.57 bits per heavy atom. The highest BCUT2D eigenvalue weighted by molar-refractivity contribution is 5.95. The van der Waals surface area contributed by atoms with E-state index in [0.717, 1.165) is 22.0 Å². The molecule has 28 heavy (non-hydrogen) atoms. The zero-order valence-electron chi connectivity index (χ0n) is 15.2. The number of H-pyrrole nitrogens is 1. The Balaban J connectivity index is 1.74. The van der Waals surface area contributed by atoms with Gasteiger partial charge >= 0.3 is 5.97 Å². The van der Waals surface area contributed by atoms with E-state index >= 15 is 0 Å². The number of hydrogen-bond donors (Lipinski definition) is 4. The monoisotopic (exact) mass is 380 g/mol. The van der Waals surface area contributed by atoms with Crippen LogP contribution in [0.4, 0.5) is 0 Å². The fraction of sp³-hybridized carbons (Fsp3) is 0.143. The molecule has 2 aromatic carbocycles. The van der Waals surface area contributed by atoms with Crippen LogP contribution in [0.5, 0.6) is 11.5 Å². The smallest absolute Gasteiger partial charge is 0.328 e. The largest absolute Gasteiger partial charge is 0.508 e. The fourth-order valence-electron chi connectivity index (χ4n) is 2.87. The molecule has 0 radical (unpaired) electrons. The molecule has 0 aliphatic heterocycles. The van der Waals surface area contributed by atoms with E-state index in [0.29, 0.717) is 0 Å². The van der Waals surface area contributed by atoms with E-state index in [-0.39, 0.29) is 17.9 Å². The number of hydrogen-bond acceptors (Lipinski definition) is 5. The van der Waals surface area contributed by atoms with Crippen molar-refractivity contribution in [2.75, 3.05) is 7.11 Å². The van der Waals surface area contributed by atoms with Crippen molar-refractivity contribution < 1.29 is 24.5 Å². The number of rotatable bonds is 6. The van der Waals surface area contributed by atoms with Crippen LogP contribution in [0, 0.1) is 0 Å². The number of nitrogens with one attached hydrogen (secondary N) is 2. The van der Waals surface area contributed by atoms with Crippen molar-refractivity contribution in [1.29, 1.82) is 0 Å². The van der Waals surface area contributed by atoms with Crippen molar-refractivity contribution in [3.8, 4) is 11.5 Å². The highest BCUT2D eigenvalue weighted by atomic mass is 16.5. The molecule has 7 heteroatoms. The van der Waals surface area contributed by atoms with Gasteiger partial charge in [0.05, 0.1) is 7.11 Å². The quantitative estimate of drug-likeness (QED) is 0.388. The maximum absolute atomic E-state index is 12.3. The zero-order chi connectivity index (χ0) is 20.1. The number of aromatic hydroxyl groups is 2. The average molecular weight is 380 g/mol. The van der Waals surface area contributed by atoms with Gasteiger partial charge in [-0.1, -0.05) is 12.1 Å². The summed E-state index contributed by atoms with van der Waals surface area (Å²) in [5.41, 5.74) is 2.31. The van der Waals surface area contributed by atoms with Crippen molar-refractivity contribution in [2.24, 2.45) is 0 Å². The Labute approximate surface area is 161 Å². The van der Waals surface area contributed by atoms with Gasteiger partial charge in [0, 0.05) is 29.6 Å². The van der Waals surface area contributed by atoms with Crippen LogP contribution in [0.3, 0.4) is 0 Å². The predicted molar refractivity (Wildman–Crippen MR) is 105 cm³/mol. The Hall–Kier alpha value is -3.74. The first-order valence-corrected chi connectivity index (χ1v) is 8.60. The van der Waals surface area contributed by atoms with Gasteiger partial charge < -0.3 is 25.3 Å². The van der Waals surface area contributed by atoms with Crippen LogP contribution in [-0.4, -0.2) is 40.2 Å². The molecule has 144 valence electrons. The van der Waals surface area contributed by atoms with Crippen molar-refractivity contribution in [3.63, 3.8) is 0 Å². The van der Waals surface area contributed by atoms with Crippen LogP contribution < -0.4 is 5.32 Å². The number of fused-ring (bicyclic) bond motifs is 1. The summed E-state index contributed by atoms with van der Waals surface area (Å²) in [6, 6.07) is 10.4. The van der Waals surface area contributed by atoms with Crippen molar-refractivity contribution >= 4 is 28.9 Å². The fourth-order valence-corrected chi connectivity index (χ4v) is 2.87. The lowest BCUT2D eigenvalue weighted by Gasteiger charge is -2.15. The number of methoxy groups -OCH3 is 1. The second-order valence-electron chi connectivity index (χ2n) is 6.26. The van der Waals surface area contributed by atoms with Gasteiger partial charge in [-0.2, -0.15) is 0 Å². The van der Waals surface area contributed by atoms with E-state index in [2.05, 4.69) is 10.3 Å². The lowest BCUT2D eigenvalue weighted by atomic mass is 10.0. The lowest BCUT2D eigenvalue weighted by Crippen LogP contribution is -2.42. The van der Waals surface area contributed by atoms with E-state index in [1.165, 1.54) is 25.3 Å². The molecule has 0 aliphatic rings. The van der Waals surface area contributed by atoms with Crippen LogP contribution in [0.15, 0.2) is 54.7 Å². The molecule has 0 saturated heterocycles. The molecule has 7 nitrogen and oxygen atoms in total. The molecular weight excluding hydrogens is 360 g/mol. The van der Waals surface area contributed by atoms with Crippen LogP contribution in [-0.2, 0) is 20.7 Å². The van der Waals surface area contributed by atoms with E-state index in [9.17, 15) is 19.8 Å². The van der Waals surface area contributed by atoms with Crippen LogP contribution in [0.25, 0.3) is 17.0 Å². The minimum Gasteiger partial charge on any atom is -0.508 e. The summed E-state index contributed by atoms with van der Waals surface area (Å²) in [5.74, 6) is -0.770. The Morgan fingerprint density at radius 2 is 1.86 bits per heavy atom. The molecule has 1 heterocycles. The van der Waals surface area contributed by atoms with Crippen LogP contribution in [0.1, 0.15) is 11.1 Å². The summed E-state index contributed by atoms with van der Waals surface area (Å²) in [4.78, 5) is 27.5. The average Bonchev–Trinajstić information content (AvgIpc) is 3.08. The minimum absolute atomic E-state index is 0.115. The lowest BCUT2D eigenvalue weighted by molar-refractivity contribution is -0.144. The summed E-state index contributed by atoms with van der Waals surface area (Å²) >= 11 is 0. The van der Waals surface area contributed by atoms with Crippen molar-refractivity contribution in [2.45, 2.75) is 12.5 Å². The molecule has 0 unspecified atom stereocenters. The third-order valence-corrected chi connectivity index (χ3v) is 4.30. The van der Waals surface area contributed by atoms with Gasteiger partial charge in [-0.05, 0) is 47.5 Å². The van der Waals surface area contributed by atoms with Gasteiger partial charge in [-0.25, -0.2) is 4.79 Å². The number of ether oxygens (including phenoxy) is 1. The Morgan fingerprint density at radius 1 is 1.14 bits per heavy atom. The maximum atomic E-state index is 12.3. The molecule has 4 N–H and O–H groups in total. The van der Waals surface area contributed by atoms with Crippen molar-refractivity contribution in [3.05, 3.63) is 65.9 Å². The molecule has 0 fully saturated rings. The number of benzene rings is 2. The second kappa shape index (κ2) is 8.30. The third kappa shape index (κ3) is 4.50. The number of aromatic amines is 1. The molecule has 0 saturated carbocycles. The molecule has 3 rings (SSSR count). The SMILES string of the molecule is COC(=O)[C@H](Cc1c[nH]c2ccc(O)cc12)NC(=O)/C=C/c1ccc(O)cc1. The van der Waals surface area contributed by atoms with Gasteiger partial charge in [0.2, 0.25) is 5.91 Å². The van der Waals surface area contributed by atoms with Gasteiger partial charge in [0.1, 0.15) is 17.5 Å². The van der Waals surface area contributed by atoms with Crippen LogP contribution >= 0.6 is 0 Å². The van der Waals surface area contributed by atoms with Crippen molar-refractivity contribution in [1.82, 2.24) is 10.3 Å². The number of carbonyl (C=O) groups excluding carboxylic acids is 2. The predicted octanol–water partition coefficient (Wildman–Crippen LogP) is 2.49. The number of phenolic OH excluding ortho intramolecular Hbond substituents is 2. The normalized spacial score (nSPS) is 12.2. The van der Waals surface area contributed by atoms with E-state index in [1.54, 1.807) is 42.6 Å². The van der Waals surface area contributed by atoms with Gasteiger partial charge in [-0.15, -0.1) is 0 Å². The van der Waals surface area contributed by atoms with Gasteiger partial charge in [-0.3, -0.25) is 4.79 Å². The minimum atomic E-state index is -0.886. The van der Waals surface area contributed by atoms with E-state index in [4.69, 9.17) is 4.74 Å². The third-order valence-electron chi connectivity index (χ3n) is 4.30. The molecule has 1 aromatic heterocycles. The maximum Gasteiger partial charge on any atom is 0.328 e. The number of carbonyl (C=O) groups is 2. The summed E-state index contributed by atoms with van der Waals surface area (Å²) in [6.07, 6.45) is 4.82. The van der Waals surface area contributed by atoms with Gasteiger partial charge in [0.15, 0.2) is 0 Å². The second-order valence-corrected chi connectivity index (χ2v) is 6.26. The molecule has 1 atom stereocenters. The Kier molecular flexibility index (Phi) is 5.64. The first kappa shape index (κ1) is 19.0. The standard InChI is InChI=1S/C21H20N2O5/c1-28-21(27)19(10-14-12-22-18-8-7-16(25)11-17(14)18)23-20(26)9-4-13-2-5-15(24)6-3-13/h2-9,11-12,19,22,24-25H,10H2,1H3,(H,23,26)/b9-4+/t19-/m0/s1. The zero-order valence-corrected chi connectivity index (χ0v) is 15.2. The molecule has 3 aromatic rings. The highest BCUT2D eigenvalue weighted by Gasteiger charge is 2.22. The Bertz CT molecular complexity index is 1020. The first-order valence-electron chi connectivity index (χ1n) is 8.60. The van der Waals surface area contributed by atoms with E-state index in [1.807, 2.05) is 0 Å². The molecule has 0 aliphatic carbocycles. The number of esters is 1. The molecule has 0 bridgehead atoms. The number of amides is 1. The molecule has 0 spiro atoms. The van der Waals surface area contributed by atoms with E-state index < -0.39 is 17.9 Å². The highest BCUT2D eigenvalue weighted by Crippen LogP contribution is 2.24. The summed E-state index contributed by atoms with van der Waals surface area (Å²) < 4.78 is 4.81.